The number of aromatic amines is 1. The molecule has 1 aromatic heterocycles. The second-order valence-corrected chi connectivity index (χ2v) is 5.49. The molecule has 4 nitrogen and oxygen atoms in total. The van der Waals surface area contributed by atoms with Crippen molar-refractivity contribution in [3.8, 4) is 6.07 Å². The maximum absolute atomic E-state index is 13.0. The molecular formula is C18H13N3O. The van der Waals surface area contributed by atoms with Crippen LogP contribution in [0.15, 0.2) is 54.7 Å². The van der Waals surface area contributed by atoms with Gasteiger partial charge >= 0.3 is 0 Å². The molecule has 1 unspecified atom stereocenters. The molecule has 0 radical (unpaired) electrons. The average molecular weight is 287 g/mol. The summed E-state index contributed by atoms with van der Waals surface area (Å²) in [7, 11) is 0. The van der Waals surface area contributed by atoms with Gasteiger partial charge in [0.25, 0.3) is 0 Å². The molecule has 0 bridgehead atoms. The quantitative estimate of drug-likeness (QED) is 0.757. The monoisotopic (exact) mass is 287 g/mol. The topological polar surface area (TPSA) is 68.7 Å². The van der Waals surface area contributed by atoms with Crippen molar-refractivity contribution in [3.05, 3.63) is 65.9 Å². The van der Waals surface area contributed by atoms with Crippen LogP contribution < -0.4 is 5.32 Å². The number of benzene rings is 2. The first-order valence-corrected chi connectivity index (χ1v) is 7.12. The van der Waals surface area contributed by atoms with Gasteiger partial charge in [0.1, 0.15) is 5.54 Å². The predicted octanol–water partition coefficient (Wildman–Crippen LogP) is 3.59. The van der Waals surface area contributed by atoms with Gasteiger partial charge < -0.3 is 10.3 Å². The van der Waals surface area contributed by atoms with E-state index in [4.69, 9.17) is 0 Å². The Kier molecular flexibility index (Phi) is 2.57. The Labute approximate surface area is 127 Å². The third-order valence-electron chi connectivity index (χ3n) is 4.30. The first-order valence-electron chi connectivity index (χ1n) is 7.12. The lowest BCUT2D eigenvalue weighted by Crippen LogP contribution is -2.38. The van der Waals surface area contributed by atoms with Crippen LogP contribution >= 0.6 is 0 Å². The number of anilines is 1. The van der Waals surface area contributed by atoms with Crippen LogP contribution in [0.4, 0.5) is 5.69 Å². The molecule has 4 rings (SSSR count). The number of H-pyrrole nitrogens is 1. The van der Waals surface area contributed by atoms with Crippen LogP contribution in [0.25, 0.3) is 10.9 Å². The smallest absolute Gasteiger partial charge is 0.195 e. The Morgan fingerprint density at radius 1 is 1.09 bits per heavy atom. The number of hydrogen-bond donors (Lipinski definition) is 2. The van der Waals surface area contributed by atoms with Crippen molar-refractivity contribution < 1.29 is 4.79 Å². The van der Waals surface area contributed by atoms with E-state index in [0.717, 1.165) is 22.2 Å². The number of carbonyl (C=O) groups is 1. The molecule has 1 aliphatic rings. The predicted molar refractivity (Wildman–Crippen MR) is 84.6 cm³/mol. The van der Waals surface area contributed by atoms with E-state index >= 15 is 0 Å². The molecule has 4 heteroatoms. The molecule has 2 N–H and O–H groups in total. The maximum Gasteiger partial charge on any atom is 0.195 e. The summed E-state index contributed by atoms with van der Waals surface area (Å²) in [5.74, 6) is -0.0468. The van der Waals surface area contributed by atoms with Crippen LogP contribution in [-0.4, -0.2) is 10.8 Å². The highest BCUT2D eigenvalue weighted by atomic mass is 16.1. The molecule has 0 saturated heterocycles. The number of para-hydroxylation sites is 2. The fraction of sp³-hybridized carbons (Fsp3) is 0.111. The second-order valence-electron chi connectivity index (χ2n) is 5.49. The number of ketones is 1. The minimum Gasteiger partial charge on any atom is -0.367 e. The Balaban J connectivity index is 1.97. The lowest BCUT2D eigenvalue weighted by molar-refractivity contribution is 0.0920. The molecule has 0 saturated carbocycles. The van der Waals surface area contributed by atoms with Crippen LogP contribution in [0.1, 0.15) is 22.3 Å². The standard InChI is InChI=1S/C18H13N3O/c19-10-9-18(14-11-20-15-7-3-1-5-12(14)15)17(22)13-6-2-4-8-16(13)21-18/h1-8,11,20-21H,9H2. The van der Waals surface area contributed by atoms with E-state index in [2.05, 4.69) is 16.4 Å². The van der Waals surface area contributed by atoms with Gasteiger partial charge in [-0.1, -0.05) is 30.3 Å². The fourth-order valence-electron chi connectivity index (χ4n) is 3.26. The molecule has 0 aliphatic carbocycles. The number of hydrogen-bond acceptors (Lipinski definition) is 3. The number of Topliss-reactive ketones (excluding diaryl/α,β-unsaturated/α-hetero) is 1. The van der Waals surface area contributed by atoms with Gasteiger partial charge in [-0.3, -0.25) is 4.79 Å². The van der Waals surface area contributed by atoms with Crippen LogP contribution in [0.3, 0.4) is 0 Å². The van der Waals surface area contributed by atoms with Crippen LogP contribution in [0.2, 0.25) is 0 Å². The molecule has 2 aromatic carbocycles. The summed E-state index contributed by atoms with van der Waals surface area (Å²) < 4.78 is 0. The summed E-state index contributed by atoms with van der Waals surface area (Å²) in [6.45, 7) is 0. The fourth-order valence-corrected chi connectivity index (χ4v) is 3.26. The van der Waals surface area contributed by atoms with Gasteiger partial charge in [0.2, 0.25) is 0 Å². The molecule has 0 fully saturated rings. The van der Waals surface area contributed by atoms with Gasteiger partial charge in [0.05, 0.1) is 12.5 Å². The molecule has 3 aromatic rings. The zero-order chi connectivity index (χ0) is 15.2. The molecular weight excluding hydrogens is 274 g/mol. The number of nitrogens with zero attached hydrogens (tertiary/aromatic N) is 1. The van der Waals surface area contributed by atoms with Gasteiger partial charge in [-0.05, 0) is 18.2 Å². The second kappa shape index (κ2) is 4.47. The summed E-state index contributed by atoms with van der Waals surface area (Å²) in [6.07, 6.45) is 1.92. The third-order valence-corrected chi connectivity index (χ3v) is 4.30. The highest BCUT2D eigenvalue weighted by molar-refractivity contribution is 6.15. The van der Waals surface area contributed by atoms with E-state index < -0.39 is 5.54 Å². The number of nitrogens with one attached hydrogen (secondary N) is 2. The van der Waals surface area contributed by atoms with E-state index in [1.807, 2.05) is 48.7 Å². The van der Waals surface area contributed by atoms with Crippen LogP contribution in [0.5, 0.6) is 0 Å². The molecule has 0 amide bonds. The largest absolute Gasteiger partial charge is 0.367 e. The number of rotatable bonds is 2. The zero-order valence-corrected chi connectivity index (χ0v) is 11.8. The number of aromatic nitrogens is 1. The zero-order valence-electron chi connectivity index (χ0n) is 11.8. The Hall–Kier alpha value is -3.06. The van der Waals surface area contributed by atoms with E-state index in [-0.39, 0.29) is 12.2 Å². The van der Waals surface area contributed by atoms with Crippen molar-refractivity contribution in [2.75, 3.05) is 5.32 Å². The highest BCUT2D eigenvalue weighted by Gasteiger charge is 2.47. The Morgan fingerprint density at radius 3 is 2.68 bits per heavy atom. The van der Waals surface area contributed by atoms with Crippen molar-refractivity contribution in [2.24, 2.45) is 0 Å². The van der Waals surface area contributed by atoms with Crippen LogP contribution in [-0.2, 0) is 5.54 Å². The SMILES string of the molecule is N#CCC1(c2c[nH]c3ccccc23)Nc2ccccc2C1=O. The van der Waals surface area contributed by atoms with E-state index in [0.29, 0.717) is 5.56 Å². The minimum atomic E-state index is -1.02. The van der Waals surface area contributed by atoms with Gasteiger partial charge in [0.15, 0.2) is 5.78 Å². The van der Waals surface area contributed by atoms with Crippen molar-refractivity contribution in [1.29, 1.82) is 5.26 Å². The molecule has 22 heavy (non-hydrogen) atoms. The van der Waals surface area contributed by atoms with Gasteiger partial charge in [-0.15, -0.1) is 0 Å². The summed E-state index contributed by atoms with van der Waals surface area (Å²) in [5.41, 5.74) is 2.19. The Morgan fingerprint density at radius 2 is 1.86 bits per heavy atom. The van der Waals surface area contributed by atoms with Crippen molar-refractivity contribution >= 4 is 22.4 Å². The maximum atomic E-state index is 13.0. The molecule has 106 valence electrons. The normalized spacial score (nSPS) is 19.7. The number of nitriles is 1. The van der Waals surface area contributed by atoms with Crippen LogP contribution in [0, 0.1) is 11.3 Å². The lowest BCUT2D eigenvalue weighted by Gasteiger charge is -2.25. The van der Waals surface area contributed by atoms with E-state index in [1.165, 1.54) is 0 Å². The number of fused-ring (bicyclic) bond motifs is 2. The first kappa shape index (κ1) is 12.7. The van der Waals surface area contributed by atoms with Crippen molar-refractivity contribution in [1.82, 2.24) is 4.98 Å². The molecule has 2 heterocycles. The summed E-state index contributed by atoms with van der Waals surface area (Å²) in [5, 5.41) is 13.6. The van der Waals surface area contributed by atoms with Gasteiger partial charge in [0, 0.05) is 33.9 Å². The molecule has 1 atom stereocenters. The summed E-state index contributed by atoms with van der Waals surface area (Å²) in [4.78, 5) is 16.2. The highest BCUT2D eigenvalue weighted by Crippen LogP contribution is 2.43. The van der Waals surface area contributed by atoms with Gasteiger partial charge in [-0.25, -0.2) is 0 Å². The summed E-state index contributed by atoms with van der Waals surface area (Å²) in [6, 6.07) is 17.4. The molecule has 0 spiro atoms. The summed E-state index contributed by atoms with van der Waals surface area (Å²) >= 11 is 0. The molecule has 1 aliphatic heterocycles. The first-order chi connectivity index (χ1) is 10.8. The van der Waals surface area contributed by atoms with Crippen molar-refractivity contribution in [2.45, 2.75) is 12.0 Å². The third kappa shape index (κ3) is 1.54. The van der Waals surface area contributed by atoms with E-state index in [9.17, 15) is 10.1 Å². The minimum absolute atomic E-state index is 0.0468. The number of carbonyl (C=O) groups excluding carboxylic acids is 1. The lowest BCUT2D eigenvalue weighted by atomic mass is 9.83. The van der Waals surface area contributed by atoms with E-state index in [1.54, 1.807) is 6.07 Å². The Bertz CT molecular complexity index is 935. The van der Waals surface area contributed by atoms with Crippen molar-refractivity contribution in [3.63, 3.8) is 0 Å². The average Bonchev–Trinajstić information content (AvgIpc) is 3.09. The van der Waals surface area contributed by atoms with Gasteiger partial charge in [-0.2, -0.15) is 5.26 Å².